The van der Waals surface area contributed by atoms with E-state index in [4.69, 9.17) is 10.7 Å². The van der Waals surface area contributed by atoms with Crippen LogP contribution in [0.1, 0.15) is 43.9 Å². The molecule has 0 aliphatic rings. The molecule has 0 nitrogen and oxygen atoms in total. The lowest BCUT2D eigenvalue weighted by Gasteiger charge is -2.12. The van der Waals surface area contributed by atoms with Crippen LogP contribution in [-0.2, 0) is 19.3 Å². The van der Waals surface area contributed by atoms with Crippen molar-refractivity contribution in [3.63, 3.8) is 0 Å². The number of hydrogen-bond donors (Lipinski definition) is 0. The average Bonchev–Trinajstić information content (AvgIpc) is 2.28. The molecule has 0 saturated heterocycles. The molecule has 0 N–H and O–H groups in total. The first-order valence-electron chi connectivity index (χ1n) is 5.70. The second-order valence-electron chi connectivity index (χ2n) is 3.78. The van der Waals surface area contributed by atoms with Gasteiger partial charge in [0.1, 0.15) is 0 Å². The quantitative estimate of drug-likeness (QED) is 0.700. The van der Waals surface area contributed by atoms with Crippen LogP contribution in [0.5, 0.6) is 0 Å². The molecule has 2 heteroatoms. The highest BCUT2D eigenvalue weighted by atomic mass is 35.7. The van der Waals surface area contributed by atoms with Crippen molar-refractivity contribution in [2.75, 3.05) is 0 Å². The molecule has 0 aromatic heterocycles. The summed E-state index contributed by atoms with van der Waals surface area (Å²) in [6.45, 7) is 6.62. The molecular weight excluding hydrogens is 224 g/mol. The molecule has 84 valence electrons. The van der Waals surface area contributed by atoms with Crippen molar-refractivity contribution < 1.29 is 0 Å². The highest BCUT2D eigenvalue weighted by Crippen LogP contribution is 2.32. The molecule has 0 atom stereocenters. The van der Waals surface area contributed by atoms with Gasteiger partial charge in [0.05, 0.1) is 0 Å². The molecule has 1 aromatic rings. The van der Waals surface area contributed by atoms with Gasteiger partial charge in [0, 0.05) is 4.90 Å². The summed E-state index contributed by atoms with van der Waals surface area (Å²) in [5.41, 5.74) is 4.26. The van der Waals surface area contributed by atoms with E-state index in [9.17, 15) is 0 Å². The fraction of sp³-hybridized carbons (Fsp3) is 0.538. The Kier molecular flexibility index (Phi) is 5.55. The number of hydrogen-bond acceptors (Lipinski definition) is 1. The largest absolute Gasteiger partial charge is 0.0651 e. The highest BCUT2D eigenvalue weighted by Gasteiger charge is 2.08. The topological polar surface area (TPSA) is 0 Å². The minimum absolute atomic E-state index is 1.07. The summed E-state index contributed by atoms with van der Waals surface area (Å²) in [5, 5.41) is 0. The van der Waals surface area contributed by atoms with E-state index in [0.717, 1.165) is 19.3 Å². The molecule has 0 bridgehead atoms. The van der Waals surface area contributed by atoms with Gasteiger partial charge in [0.15, 0.2) is 0 Å². The molecule has 1 aromatic carbocycles. The van der Waals surface area contributed by atoms with Crippen molar-refractivity contribution in [2.45, 2.75) is 51.3 Å². The zero-order valence-electron chi connectivity index (χ0n) is 9.77. The van der Waals surface area contributed by atoms with E-state index in [-0.39, 0.29) is 0 Å². The van der Waals surface area contributed by atoms with Gasteiger partial charge >= 0.3 is 0 Å². The van der Waals surface area contributed by atoms with Crippen molar-refractivity contribution in [1.29, 1.82) is 0 Å². The van der Waals surface area contributed by atoms with Crippen LogP contribution in [-0.4, -0.2) is 0 Å². The van der Waals surface area contributed by atoms with Crippen LogP contribution in [0, 0.1) is 0 Å². The standard InChI is InChI=1S/C13H19ClS/c1-4-7-12-9-10(5-2)8-11(6-3)13(12)15-14/h8-9H,4-7H2,1-3H3. The van der Waals surface area contributed by atoms with Gasteiger partial charge in [0.25, 0.3) is 0 Å². The SMILES string of the molecule is CCCc1cc(CC)cc(CC)c1SCl. The minimum atomic E-state index is 1.07. The number of halogens is 1. The summed E-state index contributed by atoms with van der Waals surface area (Å²) in [6, 6.07) is 4.61. The van der Waals surface area contributed by atoms with E-state index >= 15 is 0 Å². The zero-order valence-corrected chi connectivity index (χ0v) is 11.3. The zero-order chi connectivity index (χ0) is 11.3. The van der Waals surface area contributed by atoms with Gasteiger partial charge < -0.3 is 0 Å². The third-order valence-corrected chi connectivity index (χ3v) is 3.83. The fourth-order valence-electron chi connectivity index (χ4n) is 1.85. The van der Waals surface area contributed by atoms with Crippen molar-refractivity contribution in [2.24, 2.45) is 0 Å². The molecule has 0 unspecified atom stereocenters. The van der Waals surface area contributed by atoms with Crippen molar-refractivity contribution in [3.05, 3.63) is 28.8 Å². The Labute approximate surface area is 102 Å². The van der Waals surface area contributed by atoms with Crippen LogP contribution in [0.25, 0.3) is 0 Å². The van der Waals surface area contributed by atoms with Gasteiger partial charge in [-0.1, -0.05) is 39.3 Å². The van der Waals surface area contributed by atoms with Gasteiger partial charge in [-0.15, -0.1) is 0 Å². The third-order valence-electron chi connectivity index (χ3n) is 2.69. The van der Waals surface area contributed by atoms with E-state index < -0.39 is 0 Å². The van der Waals surface area contributed by atoms with E-state index in [1.807, 2.05) is 0 Å². The Morgan fingerprint density at radius 1 is 1.07 bits per heavy atom. The molecule has 0 amide bonds. The average molecular weight is 243 g/mol. The molecule has 0 fully saturated rings. The molecular formula is C13H19ClS. The summed E-state index contributed by atoms with van der Waals surface area (Å²) in [5.74, 6) is 0. The number of aryl methyl sites for hydroxylation is 3. The van der Waals surface area contributed by atoms with Gasteiger partial charge in [-0.05, 0) is 57.6 Å². The lowest BCUT2D eigenvalue weighted by Crippen LogP contribution is -1.96. The van der Waals surface area contributed by atoms with Gasteiger partial charge in [0.2, 0.25) is 0 Å². The molecule has 0 heterocycles. The van der Waals surface area contributed by atoms with Crippen LogP contribution in [0.15, 0.2) is 17.0 Å². The maximum atomic E-state index is 5.96. The second-order valence-corrected chi connectivity index (χ2v) is 4.80. The number of rotatable bonds is 5. The molecule has 1 rings (SSSR count). The molecule has 0 aliphatic carbocycles. The van der Waals surface area contributed by atoms with Gasteiger partial charge in [-0.25, -0.2) is 0 Å². The maximum Gasteiger partial charge on any atom is 0.0297 e. The summed E-state index contributed by atoms with van der Waals surface area (Å²) in [4.78, 5) is 1.29. The predicted molar refractivity (Wildman–Crippen MR) is 70.9 cm³/mol. The lowest BCUT2D eigenvalue weighted by molar-refractivity contribution is 0.881. The van der Waals surface area contributed by atoms with Gasteiger partial charge in [-0.2, -0.15) is 0 Å². The first-order chi connectivity index (χ1) is 7.26. The van der Waals surface area contributed by atoms with Crippen molar-refractivity contribution in [3.8, 4) is 0 Å². The summed E-state index contributed by atoms with van der Waals surface area (Å²) in [6.07, 6.45) is 4.49. The van der Waals surface area contributed by atoms with Gasteiger partial charge in [-0.3, -0.25) is 0 Å². The van der Waals surface area contributed by atoms with Crippen LogP contribution in [0.2, 0.25) is 0 Å². The first-order valence-corrected chi connectivity index (χ1v) is 7.34. The molecule has 0 aliphatic heterocycles. The van der Waals surface area contributed by atoms with Crippen molar-refractivity contribution in [1.82, 2.24) is 0 Å². The Balaban J connectivity index is 3.19. The molecule has 0 spiro atoms. The smallest absolute Gasteiger partial charge is 0.0297 e. The Hall–Kier alpha value is -0.140. The molecule has 0 radical (unpaired) electrons. The molecule has 15 heavy (non-hydrogen) atoms. The second kappa shape index (κ2) is 6.44. The Bertz CT molecular complexity index is 321. The van der Waals surface area contributed by atoms with E-state index in [1.54, 1.807) is 0 Å². The normalized spacial score (nSPS) is 10.7. The molecule has 0 saturated carbocycles. The fourth-order valence-corrected chi connectivity index (χ4v) is 3.00. The summed E-state index contributed by atoms with van der Waals surface area (Å²) >= 11 is 0. The van der Waals surface area contributed by atoms with Crippen LogP contribution in [0.4, 0.5) is 0 Å². The van der Waals surface area contributed by atoms with Crippen LogP contribution < -0.4 is 0 Å². The highest BCUT2D eigenvalue weighted by molar-refractivity contribution is 8.21. The van der Waals surface area contributed by atoms with Crippen molar-refractivity contribution >= 4 is 21.7 Å². The third kappa shape index (κ3) is 3.15. The summed E-state index contributed by atoms with van der Waals surface area (Å²) < 4.78 is 0. The maximum absolute atomic E-state index is 5.96. The van der Waals surface area contributed by atoms with E-state index in [0.29, 0.717) is 0 Å². The minimum Gasteiger partial charge on any atom is -0.0651 e. The lowest BCUT2D eigenvalue weighted by atomic mass is 10.00. The predicted octanol–water partition coefficient (Wildman–Crippen LogP) is 5.01. The van der Waals surface area contributed by atoms with E-state index in [2.05, 4.69) is 32.9 Å². The number of benzene rings is 1. The Morgan fingerprint density at radius 3 is 2.20 bits per heavy atom. The Morgan fingerprint density at radius 2 is 1.73 bits per heavy atom. The first kappa shape index (κ1) is 12.9. The van der Waals surface area contributed by atoms with E-state index in [1.165, 1.54) is 39.0 Å². The monoisotopic (exact) mass is 242 g/mol. The summed E-state index contributed by atoms with van der Waals surface area (Å²) in [7, 11) is 7.34. The van der Waals surface area contributed by atoms with Crippen LogP contribution >= 0.6 is 21.7 Å². The van der Waals surface area contributed by atoms with Crippen LogP contribution in [0.3, 0.4) is 0 Å².